The quantitative estimate of drug-likeness (QED) is 0.629. The molecule has 0 spiro atoms. The minimum Gasteiger partial charge on any atom is -0.369 e. The summed E-state index contributed by atoms with van der Waals surface area (Å²) in [5, 5.41) is 7.86. The van der Waals surface area contributed by atoms with Crippen LogP contribution in [0.4, 0.5) is 11.4 Å². The van der Waals surface area contributed by atoms with Crippen LogP contribution in [0.15, 0.2) is 54.6 Å². The van der Waals surface area contributed by atoms with Gasteiger partial charge in [-0.2, -0.15) is 5.10 Å². The van der Waals surface area contributed by atoms with E-state index in [0.29, 0.717) is 11.6 Å². The Labute approximate surface area is 189 Å². The highest BCUT2D eigenvalue weighted by Crippen LogP contribution is 2.39. The van der Waals surface area contributed by atoms with E-state index in [0.717, 1.165) is 62.6 Å². The van der Waals surface area contributed by atoms with Gasteiger partial charge < -0.3 is 15.1 Å². The molecule has 1 saturated carbocycles. The van der Waals surface area contributed by atoms with Crippen molar-refractivity contribution < 1.29 is 4.79 Å². The maximum Gasteiger partial charge on any atom is 0.274 e. The Balaban J connectivity index is 1.35. The van der Waals surface area contributed by atoms with Crippen molar-refractivity contribution in [3.8, 4) is 5.69 Å². The van der Waals surface area contributed by atoms with Gasteiger partial charge in [0.05, 0.1) is 11.4 Å². The van der Waals surface area contributed by atoms with Gasteiger partial charge >= 0.3 is 0 Å². The molecule has 2 aliphatic rings. The van der Waals surface area contributed by atoms with Crippen molar-refractivity contribution >= 4 is 17.3 Å². The number of carbonyl (C=O) groups is 1. The maximum atomic E-state index is 13.2. The molecule has 2 aromatic carbocycles. The van der Waals surface area contributed by atoms with Crippen molar-refractivity contribution in [1.82, 2.24) is 14.7 Å². The van der Waals surface area contributed by atoms with E-state index in [2.05, 4.69) is 41.1 Å². The fourth-order valence-corrected chi connectivity index (χ4v) is 4.49. The Bertz CT molecular complexity index is 1090. The van der Waals surface area contributed by atoms with Crippen molar-refractivity contribution in [2.75, 3.05) is 42.9 Å². The van der Waals surface area contributed by atoms with Crippen LogP contribution >= 0.6 is 0 Å². The molecule has 1 amide bonds. The molecule has 1 aliphatic carbocycles. The first-order chi connectivity index (χ1) is 15.6. The van der Waals surface area contributed by atoms with Crippen molar-refractivity contribution in [3.63, 3.8) is 0 Å². The first kappa shape index (κ1) is 20.8. The van der Waals surface area contributed by atoms with Crippen molar-refractivity contribution in [2.45, 2.75) is 32.6 Å². The topological polar surface area (TPSA) is 53.4 Å². The van der Waals surface area contributed by atoms with E-state index in [1.54, 1.807) is 4.68 Å². The van der Waals surface area contributed by atoms with E-state index < -0.39 is 0 Å². The normalized spacial score (nSPS) is 16.9. The number of nitrogens with zero attached hydrogens (tertiary/aromatic N) is 4. The Morgan fingerprint density at radius 3 is 2.44 bits per heavy atom. The van der Waals surface area contributed by atoms with Gasteiger partial charge in [0.1, 0.15) is 5.69 Å². The highest BCUT2D eigenvalue weighted by Gasteiger charge is 2.29. The van der Waals surface area contributed by atoms with Crippen LogP contribution in [-0.2, 0) is 0 Å². The third-order valence-corrected chi connectivity index (χ3v) is 6.57. The molecule has 1 aliphatic heterocycles. The predicted molar refractivity (Wildman–Crippen MR) is 129 cm³/mol. The molecule has 0 unspecified atom stereocenters. The third-order valence-electron chi connectivity index (χ3n) is 6.57. The number of hydrogen-bond donors (Lipinski definition) is 1. The molecule has 5 rings (SSSR count). The summed E-state index contributed by atoms with van der Waals surface area (Å²) in [6.07, 6.45) is 2.31. The number of carbonyl (C=O) groups excluding carboxylic acids is 1. The van der Waals surface area contributed by atoms with Gasteiger partial charge in [-0.1, -0.05) is 25.1 Å². The van der Waals surface area contributed by atoms with Crippen molar-refractivity contribution in [1.29, 1.82) is 0 Å². The molecule has 0 bridgehead atoms. The van der Waals surface area contributed by atoms with Gasteiger partial charge in [-0.3, -0.25) is 4.79 Å². The summed E-state index contributed by atoms with van der Waals surface area (Å²) >= 11 is 0. The number of amides is 1. The zero-order valence-electron chi connectivity index (χ0n) is 18.9. The van der Waals surface area contributed by atoms with Gasteiger partial charge in [-0.25, -0.2) is 4.68 Å². The van der Waals surface area contributed by atoms with Crippen LogP contribution in [0.5, 0.6) is 0 Å². The molecule has 166 valence electrons. The van der Waals surface area contributed by atoms with Crippen LogP contribution in [0.25, 0.3) is 5.69 Å². The van der Waals surface area contributed by atoms with Gasteiger partial charge in [0.2, 0.25) is 0 Å². The molecule has 2 fully saturated rings. The number of aryl methyl sites for hydroxylation is 1. The summed E-state index contributed by atoms with van der Waals surface area (Å²) in [5.41, 5.74) is 5.75. The van der Waals surface area contributed by atoms with E-state index >= 15 is 0 Å². The van der Waals surface area contributed by atoms with E-state index in [4.69, 9.17) is 5.10 Å². The molecule has 32 heavy (non-hydrogen) atoms. The summed E-state index contributed by atoms with van der Waals surface area (Å²) in [6, 6.07) is 18.1. The van der Waals surface area contributed by atoms with Crippen LogP contribution in [-0.4, -0.2) is 53.3 Å². The monoisotopic (exact) mass is 429 g/mol. The molecule has 1 N–H and O–H groups in total. The lowest BCUT2D eigenvalue weighted by atomic mass is 10.1. The number of anilines is 2. The Morgan fingerprint density at radius 2 is 1.78 bits per heavy atom. The highest BCUT2D eigenvalue weighted by atomic mass is 16.2. The van der Waals surface area contributed by atoms with E-state index in [1.807, 2.05) is 42.5 Å². The van der Waals surface area contributed by atoms with Crippen molar-refractivity contribution in [2.24, 2.45) is 0 Å². The maximum absolute atomic E-state index is 13.2. The molecular weight excluding hydrogens is 398 g/mol. The van der Waals surface area contributed by atoms with Gasteiger partial charge in [-0.15, -0.1) is 0 Å². The van der Waals surface area contributed by atoms with Gasteiger partial charge in [0.25, 0.3) is 5.91 Å². The summed E-state index contributed by atoms with van der Waals surface area (Å²) in [5.74, 6) is 0.359. The fraction of sp³-hybridized carbons (Fsp3) is 0.385. The first-order valence-corrected chi connectivity index (χ1v) is 11.7. The summed E-state index contributed by atoms with van der Waals surface area (Å²) < 4.78 is 1.78. The van der Waals surface area contributed by atoms with E-state index in [1.165, 1.54) is 11.3 Å². The number of piperazine rings is 1. The Hall–Kier alpha value is -3.12. The second kappa shape index (κ2) is 8.79. The number of aromatic nitrogens is 2. The summed E-state index contributed by atoms with van der Waals surface area (Å²) in [6.45, 7) is 9.73. The minimum absolute atomic E-state index is 0.128. The van der Waals surface area contributed by atoms with E-state index in [-0.39, 0.29) is 5.91 Å². The van der Waals surface area contributed by atoms with Crippen LogP contribution in [0.3, 0.4) is 0 Å². The van der Waals surface area contributed by atoms with Crippen LogP contribution in [0.1, 0.15) is 47.4 Å². The number of benzene rings is 2. The van der Waals surface area contributed by atoms with Crippen LogP contribution in [0.2, 0.25) is 0 Å². The molecule has 0 radical (unpaired) electrons. The van der Waals surface area contributed by atoms with Gasteiger partial charge in [0, 0.05) is 43.5 Å². The smallest absolute Gasteiger partial charge is 0.274 e. The molecule has 1 aromatic heterocycles. The minimum atomic E-state index is -0.128. The number of likely N-dealkylation sites (N-methyl/N-ethyl adjacent to an activating group) is 1. The average molecular weight is 430 g/mol. The fourth-order valence-electron chi connectivity index (χ4n) is 4.49. The second-order valence-electron chi connectivity index (χ2n) is 8.85. The zero-order valence-corrected chi connectivity index (χ0v) is 18.9. The lowest BCUT2D eigenvalue weighted by Gasteiger charge is -2.36. The Kier molecular flexibility index (Phi) is 5.70. The molecule has 6 heteroatoms. The van der Waals surface area contributed by atoms with Crippen molar-refractivity contribution in [3.05, 3.63) is 71.5 Å². The van der Waals surface area contributed by atoms with Gasteiger partial charge in [-0.05, 0) is 68.3 Å². The molecule has 3 aromatic rings. The lowest BCUT2D eigenvalue weighted by molar-refractivity contribution is 0.101. The number of para-hydroxylation sites is 1. The van der Waals surface area contributed by atoms with Crippen LogP contribution < -0.4 is 10.2 Å². The molecule has 2 heterocycles. The first-order valence-electron chi connectivity index (χ1n) is 11.7. The standard InChI is InChI=1S/C26H31N5O/c1-3-29-13-15-30(16-14-29)24-12-11-21(17-19(24)2)27-26(32)25-18-23(20-9-10-20)28-31(25)22-7-5-4-6-8-22/h4-8,11-12,17-18,20H,3,9-10,13-16H2,1-2H3,(H,27,32). The summed E-state index contributed by atoms with van der Waals surface area (Å²) in [4.78, 5) is 18.2. The molecule has 6 nitrogen and oxygen atoms in total. The number of rotatable bonds is 6. The molecule has 0 atom stereocenters. The second-order valence-corrected chi connectivity index (χ2v) is 8.85. The third kappa shape index (κ3) is 4.28. The largest absolute Gasteiger partial charge is 0.369 e. The number of nitrogens with one attached hydrogen (secondary N) is 1. The van der Waals surface area contributed by atoms with Crippen LogP contribution in [0, 0.1) is 6.92 Å². The number of hydrogen-bond acceptors (Lipinski definition) is 4. The molecular formula is C26H31N5O. The molecule has 1 saturated heterocycles. The Morgan fingerprint density at radius 1 is 1.03 bits per heavy atom. The lowest BCUT2D eigenvalue weighted by Crippen LogP contribution is -2.46. The summed E-state index contributed by atoms with van der Waals surface area (Å²) in [7, 11) is 0. The van der Waals surface area contributed by atoms with E-state index in [9.17, 15) is 4.79 Å². The van der Waals surface area contributed by atoms with Gasteiger partial charge in [0.15, 0.2) is 0 Å². The average Bonchev–Trinajstić information content (AvgIpc) is 3.58. The SMILES string of the molecule is CCN1CCN(c2ccc(NC(=O)c3cc(C4CC4)nn3-c3ccccc3)cc2C)CC1. The highest BCUT2D eigenvalue weighted by molar-refractivity contribution is 6.03. The zero-order chi connectivity index (χ0) is 22.1. The predicted octanol–water partition coefficient (Wildman–Crippen LogP) is 4.45.